The molecule has 0 aromatic rings. The molecule has 0 radical (unpaired) electrons. The molecule has 1 aliphatic rings. The van der Waals surface area contributed by atoms with Crippen molar-refractivity contribution >= 4 is 24.7 Å². The van der Waals surface area contributed by atoms with Gasteiger partial charge in [0.25, 0.3) is 0 Å². The molecule has 0 nitrogen and oxygen atoms in total. The number of alkyl halides is 1. The predicted octanol–water partition coefficient (Wildman–Crippen LogP) is 2.11. The molecule has 1 unspecified atom stereocenters. The van der Waals surface area contributed by atoms with Crippen molar-refractivity contribution in [3.8, 4) is 0 Å². The molecule has 1 rings (SSSR count). The van der Waals surface area contributed by atoms with Gasteiger partial charge in [0.05, 0.1) is 0 Å². The maximum atomic E-state index is 2.34. The lowest BCUT2D eigenvalue weighted by atomic mass is 10.3. The minimum absolute atomic E-state index is 0.440. The van der Waals surface area contributed by atoms with Gasteiger partial charge in [0.2, 0.25) is 0 Å². The standard InChI is InChI=1S/C6H9I/c1-6-4-2-3-5-7-6/h2-3,5-6H,4H2,1H3. The molecule has 1 aliphatic heterocycles. The predicted molar refractivity (Wildman–Crippen MR) is 43.3 cm³/mol. The van der Waals surface area contributed by atoms with E-state index in [1.807, 2.05) is 0 Å². The first kappa shape index (κ1) is 5.48. The maximum Gasteiger partial charge on any atom is 0.00683 e. The second kappa shape index (κ2) is 2.60. The molecule has 0 amide bonds. The summed E-state index contributed by atoms with van der Waals surface area (Å²) in [5, 5.41) is 0. The van der Waals surface area contributed by atoms with Crippen LogP contribution < -0.4 is 0 Å². The van der Waals surface area contributed by atoms with Crippen LogP contribution in [0.2, 0.25) is 0 Å². The van der Waals surface area contributed by atoms with E-state index in [1.165, 1.54) is 6.42 Å². The summed E-state index contributed by atoms with van der Waals surface area (Å²) in [5.41, 5.74) is 0. The highest BCUT2D eigenvalue weighted by Crippen LogP contribution is 2.15. The third kappa shape index (κ3) is 1.72. The molecule has 7 heavy (non-hydrogen) atoms. The molecule has 0 saturated carbocycles. The Balaban J connectivity index is 2.49. The first-order valence-electron chi connectivity index (χ1n) is 2.50. The zero-order valence-electron chi connectivity index (χ0n) is 4.39. The van der Waals surface area contributed by atoms with Gasteiger partial charge in [-0.3, -0.25) is 0 Å². The number of allylic oxidation sites excluding steroid dienone is 2. The van der Waals surface area contributed by atoms with Crippen molar-refractivity contribution in [3.63, 3.8) is 0 Å². The summed E-state index contributed by atoms with van der Waals surface area (Å²) < 4.78 is 3.34. The van der Waals surface area contributed by atoms with E-state index in [2.05, 4.69) is 23.1 Å². The summed E-state index contributed by atoms with van der Waals surface area (Å²) in [6.07, 6.45) is 5.78. The van der Waals surface area contributed by atoms with Crippen molar-refractivity contribution in [2.75, 3.05) is 0 Å². The zero-order valence-corrected chi connectivity index (χ0v) is 6.55. The van der Waals surface area contributed by atoms with Crippen LogP contribution in [-0.2, 0) is 0 Å². The van der Waals surface area contributed by atoms with E-state index in [0.717, 1.165) is 3.92 Å². The van der Waals surface area contributed by atoms with Crippen molar-refractivity contribution in [3.05, 3.63) is 12.2 Å². The van der Waals surface area contributed by atoms with E-state index in [0.29, 0.717) is 20.7 Å². The van der Waals surface area contributed by atoms with Crippen molar-refractivity contribution < 1.29 is 0 Å². The largest absolute Gasteiger partial charge is 0.119 e. The van der Waals surface area contributed by atoms with Gasteiger partial charge < -0.3 is 0 Å². The van der Waals surface area contributed by atoms with E-state index in [9.17, 15) is 0 Å². The minimum Gasteiger partial charge on any atom is -0.119 e. The molecule has 0 fully saturated rings. The van der Waals surface area contributed by atoms with Gasteiger partial charge in [0.1, 0.15) is 0 Å². The summed E-state index contributed by atoms with van der Waals surface area (Å²) in [4.78, 5) is 0. The Labute approximate surface area is 54.4 Å². The molecule has 40 valence electrons. The minimum atomic E-state index is 0.440. The first-order valence-corrected chi connectivity index (χ1v) is 4.99. The highest BCUT2D eigenvalue weighted by molar-refractivity contribution is 14.2. The van der Waals surface area contributed by atoms with Crippen molar-refractivity contribution in [2.45, 2.75) is 17.3 Å². The average molecular weight is 208 g/mol. The van der Waals surface area contributed by atoms with Crippen LogP contribution in [0, 0.1) is 0 Å². The summed E-state index contributed by atoms with van der Waals surface area (Å²) in [5.74, 6) is 0. The number of hydrogen-bond donors (Lipinski definition) is 0. The lowest BCUT2D eigenvalue weighted by molar-refractivity contribution is 1.02. The fourth-order valence-corrected chi connectivity index (χ4v) is 2.36. The third-order valence-corrected chi connectivity index (χ3v) is 3.52. The number of hydrogen-bond acceptors (Lipinski definition) is 0. The van der Waals surface area contributed by atoms with Gasteiger partial charge >= 0.3 is 0 Å². The monoisotopic (exact) mass is 208 g/mol. The van der Waals surface area contributed by atoms with Crippen LogP contribution in [0.25, 0.3) is 0 Å². The van der Waals surface area contributed by atoms with Gasteiger partial charge in [-0.25, -0.2) is 0 Å². The highest BCUT2D eigenvalue weighted by Gasteiger charge is 1.94. The van der Waals surface area contributed by atoms with Gasteiger partial charge in [-0.15, -0.1) is 20.7 Å². The van der Waals surface area contributed by atoms with Crippen LogP contribution in [-0.4, -0.2) is 7.94 Å². The molecule has 0 saturated heterocycles. The summed E-state index contributed by atoms with van der Waals surface area (Å²) in [7, 11) is 0. The second-order valence-corrected chi connectivity index (χ2v) is 5.26. The quantitative estimate of drug-likeness (QED) is 0.422. The summed E-state index contributed by atoms with van der Waals surface area (Å²) >= 11 is 0.440. The van der Waals surface area contributed by atoms with E-state index in [1.54, 1.807) is 0 Å². The van der Waals surface area contributed by atoms with Crippen LogP contribution in [0.4, 0.5) is 0 Å². The van der Waals surface area contributed by atoms with Crippen molar-refractivity contribution in [2.24, 2.45) is 0 Å². The fourth-order valence-electron chi connectivity index (χ4n) is 0.535. The zero-order chi connectivity index (χ0) is 5.11. The molecular weight excluding hydrogens is 199 g/mol. The van der Waals surface area contributed by atoms with E-state index >= 15 is 0 Å². The molecule has 1 heteroatoms. The highest BCUT2D eigenvalue weighted by atomic mass is 127. The Bertz CT molecular complexity index is 103. The molecule has 0 aromatic heterocycles. The normalized spacial score (nSPS) is 29.6. The maximum absolute atomic E-state index is 2.34. The number of halogens is 1. The Hall–Kier alpha value is 0.340. The van der Waals surface area contributed by atoms with Crippen LogP contribution >= 0.6 is 20.7 Å². The van der Waals surface area contributed by atoms with E-state index in [-0.39, 0.29) is 0 Å². The summed E-state index contributed by atoms with van der Waals surface area (Å²) in [6.45, 7) is 2.33. The van der Waals surface area contributed by atoms with Crippen LogP contribution in [0.1, 0.15) is 13.3 Å². The molecule has 0 bridgehead atoms. The van der Waals surface area contributed by atoms with E-state index < -0.39 is 0 Å². The molecule has 0 N–H and O–H groups in total. The van der Waals surface area contributed by atoms with Crippen LogP contribution in [0.5, 0.6) is 0 Å². The molecule has 0 aliphatic carbocycles. The average Bonchev–Trinajstić information content (AvgIpc) is 1.69. The number of rotatable bonds is 0. The second-order valence-electron chi connectivity index (χ2n) is 1.70. The summed E-state index contributed by atoms with van der Waals surface area (Å²) in [6, 6.07) is 0. The molecule has 0 aromatic carbocycles. The van der Waals surface area contributed by atoms with Gasteiger partial charge in [-0.1, -0.05) is 19.1 Å². The third-order valence-electron chi connectivity index (χ3n) is 0.958. The SMILES string of the molecule is CC1CC=CC=I1. The molecule has 1 atom stereocenters. The Morgan fingerprint density at radius 3 is 2.86 bits per heavy atom. The molecule has 1 heterocycles. The Morgan fingerprint density at radius 1 is 1.71 bits per heavy atom. The van der Waals surface area contributed by atoms with Crippen LogP contribution in [0.3, 0.4) is 0 Å². The Kier molecular flexibility index (Phi) is 2.03. The van der Waals surface area contributed by atoms with Crippen molar-refractivity contribution in [1.82, 2.24) is 0 Å². The van der Waals surface area contributed by atoms with E-state index in [4.69, 9.17) is 0 Å². The molecular formula is C6H9I. The van der Waals surface area contributed by atoms with Crippen LogP contribution in [0.15, 0.2) is 12.2 Å². The van der Waals surface area contributed by atoms with Gasteiger partial charge in [0.15, 0.2) is 0 Å². The smallest absolute Gasteiger partial charge is 0.00683 e. The van der Waals surface area contributed by atoms with Gasteiger partial charge in [0, 0.05) is 3.92 Å². The fraction of sp³-hybridized carbons (Fsp3) is 0.500. The topological polar surface area (TPSA) is 0 Å². The first-order chi connectivity index (χ1) is 3.39. The lowest BCUT2D eigenvalue weighted by Crippen LogP contribution is -1.90. The Morgan fingerprint density at radius 2 is 2.57 bits per heavy atom. The molecule has 0 spiro atoms. The van der Waals surface area contributed by atoms with Crippen molar-refractivity contribution in [1.29, 1.82) is 0 Å². The van der Waals surface area contributed by atoms with Gasteiger partial charge in [-0.2, -0.15) is 0 Å². The lowest BCUT2D eigenvalue weighted by Gasteiger charge is -2.01. The van der Waals surface area contributed by atoms with Gasteiger partial charge in [-0.05, 0) is 10.4 Å².